The number of aryl methyl sites for hydroxylation is 1. The standard InChI is InChI=1S/C12H7BrCl2F2S/c1-5-2-6(9(17)4-8(5)16)11(13)7-3-10(14)18-12(7)15/h2-4,11H,1H3. The fraction of sp³-hybridized carbons (Fsp3) is 0.167. The lowest BCUT2D eigenvalue weighted by Crippen LogP contribution is -1.98. The maximum Gasteiger partial charge on any atom is 0.130 e. The zero-order chi connectivity index (χ0) is 13.4. The van der Waals surface area contributed by atoms with Crippen molar-refractivity contribution in [1.82, 2.24) is 0 Å². The summed E-state index contributed by atoms with van der Waals surface area (Å²) in [4.78, 5) is -0.451. The second kappa shape index (κ2) is 5.45. The van der Waals surface area contributed by atoms with Crippen LogP contribution >= 0.6 is 50.5 Å². The molecule has 0 N–H and O–H groups in total. The van der Waals surface area contributed by atoms with Crippen molar-refractivity contribution in [3.8, 4) is 0 Å². The van der Waals surface area contributed by atoms with Crippen molar-refractivity contribution in [2.45, 2.75) is 11.8 Å². The number of hydrogen-bond acceptors (Lipinski definition) is 1. The Hall–Kier alpha value is -0.160. The molecule has 18 heavy (non-hydrogen) atoms. The lowest BCUT2D eigenvalue weighted by atomic mass is 10.0. The van der Waals surface area contributed by atoms with E-state index in [-0.39, 0.29) is 0 Å². The molecule has 2 rings (SSSR count). The number of thiophene rings is 1. The monoisotopic (exact) mass is 370 g/mol. The van der Waals surface area contributed by atoms with E-state index in [2.05, 4.69) is 15.9 Å². The van der Waals surface area contributed by atoms with Crippen LogP contribution in [0.15, 0.2) is 18.2 Å². The van der Waals surface area contributed by atoms with E-state index in [0.29, 0.717) is 25.4 Å². The van der Waals surface area contributed by atoms with Gasteiger partial charge in [-0.05, 0) is 24.6 Å². The van der Waals surface area contributed by atoms with Gasteiger partial charge in [0.05, 0.1) is 13.5 Å². The molecule has 1 aromatic carbocycles. The van der Waals surface area contributed by atoms with Gasteiger partial charge in [0.15, 0.2) is 0 Å². The van der Waals surface area contributed by atoms with Crippen LogP contribution in [0.4, 0.5) is 8.78 Å². The van der Waals surface area contributed by atoms with Crippen molar-refractivity contribution >= 4 is 50.5 Å². The molecule has 1 heterocycles. The van der Waals surface area contributed by atoms with Crippen LogP contribution in [-0.2, 0) is 0 Å². The average Bonchev–Trinajstić information content (AvgIpc) is 2.62. The van der Waals surface area contributed by atoms with Gasteiger partial charge in [0.2, 0.25) is 0 Å². The van der Waals surface area contributed by atoms with Gasteiger partial charge in [0.25, 0.3) is 0 Å². The molecule has 0 aliphatic carbocycles. The maximum absolute atomic E-state index is 13.8. The molecule has 0 spiro atoms. The van der Waals surface area contributed by atoms with Gasteiger partial charge in [-0.1, -0.05) is 39.1 Å². The minimum Gasteiger partial charge on any atom is -0.207 e. The molecule has 0 nitrogen and oxygen atoms in total. The number of benzene rings is 1. The lowest BCUT2D eigenvalue weighted by Gasteiger charge is -2.12. The Morgan fingerprint density at radius 1 is 1.11 bits per heavy atom. The normalized spacial score (nSPS) is 12.8. The quantitative estimate of drug-likeness (QED) is 0.557. The highest BCUT2D eigenvalue weighted by Gasteiger charge is 2.21. The zero-order valence-electron chi connectivity index (χ0n) is 9.11. The number of rotatable bonds is 2. The molecule has 0 aliphatic heterocycles. The van der Waals surface area contributed by atoms with Crippen LogP contribution in [0.3, 0.4) is 0 Å². The van der Waals surface area contributed by atoms with Gasteiger partial charge in [-0.3, -0.25) is 0 Å². The van der Waals surface area contributed by atoms with Gasteiger partial charge in [-0.15, -0.1) is 11.3 Å². The van der Waals surface area contributed by atoms with Crippen molar-refractivity contribution in [3.63, 3.8) is 0 Å². The number of hydrogen-bond donors (Lipinski definition) is 0. The molecule has 6 heteroatoms. The second-order valence-electron chi connectivity index (χ2n) is 3.77. The van der Waals surface area contributed by atoms with E-state index >= 15 is 0 Å². The van der Waals surface area contributed by atoms with Crippen LogP contribution in [-0.4, -0.2) is 0 Å². The van der Waals surface area contributed by atoms with Gasteiger partial charge in [-0.2, -0.15) is 0 Å². The first-order valence-electron chi connectivity index (χ1n) is 4.94. The summed E-state index contributed by atoms with van der Waals surface area (Å²) in [5.74, 6) is -1.18. The third kappa shape index (κ3) is 2.72. The summed E-state index contributed by atoms with van der Waals surface area (Å²) >= 11 is 16.5. The maximum atomic E-state index is 13.8. The summed E-state index contributed by atoms with van der Waals surface area (Å²) in [5, 5.41) is 0. The van der Waals surface area contributed by atoms with Crippen molar-refractivity contribution in [1.29, 1.82) is 0 Å². The average molecular weight is 372 g/mol. The molecule has 0 radical (unpaired) electrons. The molecule has 0 amide bonds. The van der Waals surface area contributed by atoms with Gasteiger partial charge < -0.3 is 0 Å². The number of alkyl halides is 1. The summed E-state index contributed by atoms with van der Waals surface area (Å²) in [6.07, 6.45) is 0. The van der Waals surface area contributed by atoms with Crippen LogP contribution in [0.5, 0.6) is 0 Å². The fourth-order valence-electron chi connectivity index (χ4n) is 1.57. The largest absolute Gasteiger partial charge is 0.207 e. The molecule has 0 saturated carbocycles. The molecule has 1 aromatic heterocycles. The summed E-state index contributed by atoms with van der Waals surface area (Å²) in [7, 11) is 0. The molecule has 0 aliphatic rings. The summed E-state index contributed by atoms with van der Waals surface area (Å²) in [6.45, 7) is 1.58. The van der Waals surface area contributed by atoms with E-state index in [1.165, 1.54) is 17.4 Å². The van der Waals surface area contributed by atoms with E-state index in [9.17, 15) is 8.78 Å². The van der Waals surface area contributed by atoms with Crippen molar-refractivity contribution < 1.29 is 8.78 Å². The first-order valence-corrected chi connectivity index (χ1v) is 7.43. The van der Waals surface area contributed by atoms with Crippen molar-refractivity contribution in [2.75, 3.05) is 0 Å². The Bertz CT molecular complexity index is 598. The fourth-order valence-corrected chi connectivity index (χ4v) is 4.09. The second-order valence-corrected chi connectivity index (χ2v) is 6.97. The molecule has 0 fully saturated rings. The van der Waals surface area contributed by atoms with Crippen LogP contribution in [0.25, 0.3) is 0 Å². The first kappa shape index (κ1) is 14.3. The van der Waals surface area contributed by atoms with E-state index in [4.69, 9.17) is 23.2 Å². The Morgan fingerprint density at radius 2 is 1.78 bits per heavy atom. The van der Waals surface area contributed by atoms with Crippen LogP contribution in [0, 0.1) is 18.6 Å². The summed E-state index contributed by atoms with van der Waals surface area (Å²) in [6, 6.07) is 4.01. The van der Waals surface area contributed by atoms with Gasteiger partial charge in [-0.25, -0.2) is 8.78 Å². The SMILES string of the molecule is Cc1cc(C(Br)c2cc(Cl)sc2Cl)c(F)cc1F. The minimum absolute atomic E-state index is 0.338. The van der Waals surface area contributed by atoms with E-state index < -0.39 is 16.5 Å². The van der Waals surface area contributed by atoms with E-state index in [0.717, 1.165) is 6.07 Å². The molecule has 96 valence electrons. The predicted molar refractivity (Wildman–Crippen MR) is 76.2 cm³/mol. The van der Waals surface area contributed by atoms with Crippen LogP contribution < -0.4 is 0 Å². The topological polar surface area (TPSA) is 0 Å². The third-order valence-corrected chi connectivity index (χ3v) is 5.01. The summed E-state index contributed by atoms with van der Waals surface area (Å²) in [5.41, 5.74) is 1.40. The highest BCUT2D eigenvalue weighted by molar-refractivity contribution is 9.09. The van der Waals surface area contributed by atoms with Gasteiger partial charge >= 0.3 is 0 Å². The Labute approximate surface area is 126 Å². The minimum atomic E-state index is -0.613. The van der Waals surface area contributed by atoms with Crippen LogP contribution in [0.1, 0.15) is 21.5 Å². The number of halogens is 5. The van der Waals surface area contributed by atoms with Gasteiger partial charge in [0, 0.05) is 17.2 Å². The van der Waals surface area contributed by atoms with Gasteiger partial charge in [0.1, 0.15) is 11.6 Å². The molecule has 0 saturated heterocycles. The molecule has 2 aromatic rings. The highest BCUT2D eigenvalue weighted by Crippen LogP contribution is 2.42. The zero-order valence-corrected chi connectivity index (χ0v) is 13.0. The Balaban J connectivity index is 2.49. The third-order valence-electron chi connectivity index (χ3n) is 2.51. The Kier molecular flexibility index (Phi) is 4.32. The van der Waals surface area contributed by atoms with Crippen molar-refractivity contribution in [2.24, 2.45) is 0 Å². The molecular formula is C12H7BrCl2F2S. The smallest absolute Gasteiger partial charge is 0.130 e. The van der Waals surface area contributed by atoms with E-state index in [1.807, 2.05) is 0 Å². The predicted octanol–water partition coefficient (Wildman–Crippen LogP) is 6.13. The first-order chi connectivity index (χ1) is 8.40. The van der Waals surface area contributed by atoms with Crippen LogP contribution in [0.2, 0.25) is 8.67 Å². The molecule has 1 unspecified atom stereocenters. The Morgan fingerprint density at radius 3 is 2.33 bits per heavy atom. The highest BCUT2D eigenvalue weighted by atomic mass is 79.9. The summed E-state index contributed by atoms with van der Waals surface area (Å²) < 4.78 is 28.0. The van der Waals surface area contributed by atoms with E-state index in [1.54, 1.807) is 13.0 Å². The molecule has 1 atom stereocenters. The lowest BCUT2D eigenvalue weighted by molar-refractivity contribution is 0.569. The molecule has 0 bridgehead atoms. The van der Waals surface area contributed by atoms with Crippen molar-refractivity contribution in [3.05, 3.63) is 55.2 Å². The molecular weight excluding hydrogens is 365 g/mol.